The summed E-state index contributed by atoms with van der Waals surface area (Å²) in [5.41, 5.74) is 2.35. The highest BCUT2D eigenvalue weighted by Crippen LogP contribution is 2.35. The van der Waals surface area contributed by atoms with Gasteiger partial charge in [0.05, 0.1) is 41.3 Å². The molecule has 0 spiro atoms. The Morgan fingerprint density at radius 3 is 2.59 bits per heavy atom. The molecule has 1 fully saturated rings. The van der Waals surface area contributed by atoms with E-state index in [4.69, 9.17) is 16.3 Å². The minimum atomic E-state index is -3.72. The predicted molar refractivity (Wildman–Crippen MR) is 133 cm³/mol. The zero-order valence-electron chi connectivity index (χ0n) is 19.2. The van der Waals surface area contributed by atoms with E-state index in [0.29, 0.717) is 22.6 Å². The molecule has 5 rings (SSSR count). The third-order valence-electron chi connectivity index (χ3n) is 6.60. The van der Waals surface area contributed by atoms with E-state index >= 15 is 0 Å². The molecule has 0 amide bonds. The number of aromatic amines is 1. The predicted octanol–water partition coefficient (Wildman–Crippen LogP) is 3.26. The number of nitrogens with zero attached hydrogens (tertiary/aromatic N) is 4. The molecule has 8 nitrogen and oxygen atoms in total. The molecule has 0 saturated heterocycles. The summed E-state index contributed by atoms with van der Waals surface area (Å²) in [5.74, 6) is 1.12. The second-order valence-electron chi connectivity index (χ2n) is 8.98. The van der Waals surface area contributed by atoms with Gasteiger partial charge in [-0.3, -0.25) is 4.31 Å². The normalized spacial score (nSPS) is 22.5. The van der Waals surface area contributed by atoms with E-state index in [1.165, 1.54) is 22.7 Å². The van der Waals surface area contributed by atoms with Crippen LogP contribution in [0.4, 0.5) is 5.69 Å². The van der Waals surface area contributed by atoms with Gasteiger partial charge < -0.3 is 9.72 Å². The molecular weight excluding hydrogens is 474 g/mol. The Labute approximate surface area is 204 Å². The molecular formula is C24H28ClN5O3S. The standard InChI is InChI=1S/C24H28ClN5O3S/c1-29(2)34(31,32)30-13-12-17(25)14-21-24(30)20-15-26-28-22(23(20)27-21)16-8-10-19(11-9-16)33-18-6-4-3-5-7-18/h3-7,12,14,16,19,27H,8-11,13,15H2,1-2H3/t16-,19-. The molecule has 2 aromatic rings. The summed E-state index contributed by atoms with van der Waals surface area (Å²) in [7, 11) is -0.659. The fourth-order valence-electron chi connectivity index (χ4n) is 4.84. The number of halogens is 1. The molecule has 34 heavy (non-hydrogen) atoms. The average Bonchev–Trinajstić information content (AvgIpc) is 3.08. The van der Waals surface area contributed by atoms with E-state index in [-0.39, 0.29) is 18.6 Å². The van der Waals surface area contributed by atoms with E-state index in [1.54, 1.807) is 12.2 Å². The minimum Gasteiger partial charge on any atom is -0.490 e. The number of azo groups is 1. The van der Waals surface area contributed by atoms with Crippen molar-refractivity contribution < 1.29 is 13.2 Å². The Bertz CT molecular complexity index is 1360. The van der Waals surface area contributed by atoms with Crippen molar-refractivity contribution >= 4 is 39.3 Å². The van der Waals surface area contributed by atoms with Crippen LogP contribution in [0.5, 0.6) is 5.75 Å². The number of hydrogen-bond acceptors (Lipinski definition) is 5. The molecule has 1 aromatic heterocycles. The van der Waals surface area contributed by atoms with Crippen LogP contribution < -0.4 is 19.7 Å². The summed E-state index contributed by atoms with van der Waals surface area (Å²) in [6.45, 7) is 0.476. The molecule has 0 bridgehead atoms. The van der Waals surface area contributed by atoms with Crippen molar-refractivity contribution in [3.8, 4) is 5.75 Å². The second-order valence-corrected chi connectivity index (χ2v) is 11.5. The number of aromatic nitrogens is 1. The van der Waals surface area contributed by atoms with E-state index < -0.39 is 10.2 Å². The quantitative estimate of drug-likeness (QED) is 0.681. The second kappa shape index (κ2) is 9.20. The van der Waals surface area contributed by atoms with Crippen molar-refractivity contribution in [2.24, 2.45) is 16.1 Å². The third-order valence-corrected chi connectivity index (χ3v) is 8.67. The molecule has 3 aliphatic rings. The molecule has 3 heterocycles. The maximum absolute atomic E-state index is 13.1. The number of benzene rings is 1. The summed E-state index contributed by atoms with van der Waals surface area (Å²) >= 11 is 6.36. The summed E-state index contributed by atoms with van der Waals surface area (Å²) < 4.78 is 35.0. The zero-order chi connectivity index (χ0) is 23.9. The first-order valence-electron chi connectivity index (χ1n) is 11.5. The molecule has 2 aliphatic heterocycles. The van der Waals surface area contributed by atoms with Crippen LogP contribution in [-0.2, 0) is 16.8 Å². The highest BCUT2D eigenvalue weighted by molar-refractivity contribution is 7.90. The van der Waals surface area contributed by atoms with Crippen LogP contribution in [0.15, 0.2) is 51.7 Å². The van der Waals surface area contributed by atoms with Gasteiger partial charge in [-0.25, -0.2) is 0 Å². The Balaban J connectivity index is 1.49. The van der Waals surface area contributed by atoms with Crippen LogP contribution in [0, 0.1) is 5.92 Å². The van der Waals surface area contributed by atoms with Crippen molar-refractivity contribution in [3.05, 3.63) is 57.7 Å². The van der Waals surface area contributed by atoms with Crippen molar-refractivity contribution in [1.82, 2.24) is 9.29 Å². The molecule has 180 valence electrons. The zero-order valence-corrected chi connectivity index (χ0v) is 20.8. The fourth-order valence-corrected chi connectivity index (χ4v) is 6.12. The van der Waals surface area contributed by atoms with Crippen LogP contribution in [0.25, 0.3) is 11.8 Å². The summed E-state index contributed by atoms with van der Waals surface area (Å²) in [5, 5.41) is 11.0. The molecule has 1 N–H and O–H groups in total. The first-order chi connectivity index (χ1) is 16.3. The van der Waals surface area contributed by atoms with Crippen molar-refractivity contribution in [2.75, 3.05) is 24.9 Å². The number of para-hydroxylation sites is 1. The number of rotatable bonds is 5. The molecule has 0 unspecified atom stereocenters. The SMILES string of the molecule is CN(C)S(=O)(=O)N1CC=C(Cl)C=c2[nH]c3c(c21)CN=NC=3[C@H]1CC[C@H](Oc2ccccc2)CC1. The van der Waals surface area contributed by atoms with Crippen molar-refractivity contribution in [2.45, 2.75) is 38.3 Å². The minimum absolute atomic E-state index is 0.154. The van der Waals surface area contributed by atoms with Gasteiger partial charge in [0.25, 0.3) is 0 Å². The Hall–Kier alpha value is -2.62. The largest absolute Gasteiger partial charge is 0.490 e. The van der Waals surface area contributed by atoms with Gasteiger partial charge in [0.1, 0.15) is 5.75 Å². The van der Waals surface area contributed by atoms with E-state index in [2.05, 4.69) is 15.2 Å². The van der Waals surface area contributed by atoms with Crippen LogP contribution in [0.1, 0.15) is 31.2 Å². The topological polar surface area (TPSA) is 90.4 Å². The molecule has 1 saturated carbocycles. The van der Waals surface area contributed by atoms with Crippen LogP contribution in [0.2, 0.25) is 0 Å². The van der Waals surface area contributed by atoms with E-state index in [1.807, 2.05) is 30.3 Å². The van der Waals surface area contributed by atoms with Crippen LogP contribution in [-0.4, -0.2) is 44.5 Å². The van der Waals surface area contributed by atoms with E-state index in [9.17, 15) is 8.42 Å². The van der Waals surface area contributed by atoms with Crippen LogP contribution in [0.3, 0.4) is 0 Å². The number of fused-ring (bicyclic) bond motifs is 3. The van der Waals surface area contributed by atoms with Gasteiger partial charge >= 0.3 is 10.2 Å². The Morgan fingerprint density at radius 1 is 1.15 bits per heavy atom. The first kappa shape index (κ1) is 23.1. The van der Waals surface area contributed by atoms with Gasteiger partial charge in [0, 0.05) is 30.6 Å². The Morgan fingerprint density at radius 2 is 1.88 bits per heavy atom. The smallest absolute Gasteiger partial charge is 0.303 e. The molecule has 0 radical (unpaired) electrons. The lowest BCUT2D eigenvalue weighted by molar-refractivity contribution is 0.142. The van der Waals surface area contributed by atoms with Crippen molar-refractivity contribution in [3.63, 3.8) is 0 Å². The molecule has 1 aromatic carbocycles. The Kier molecular flexibility index (Phi) is 6.26. The monoisotopic (exact) mass is 501 g/mol. The van der Waals surface area contributed by atoms with Crippen LogP contribution >= 0.6 is 11.6 Å². The van der Waals surface area contributed by atoms with Gasteiger partial charge in [-0.2, -0.15) is 23.0 Å². The number of H-pyrrole nitrogens is 1. The summed E-state index contributed by atoms with van der Waals surface area (Å²) in [6.07, 6.45) is 7.37. The number of anilines is 1. The lowest BCUT2D eigenvalue weighted by Crippen LogP contribution is -2.42. The number of hydrogen-bond donors (Lipinski definition) is 1. The molecule has 1 aliphatic carbocycles. The fraction of sp³-hybridized carbons (Fsp3) is 0.417. The van der Waals surface area contributed by atoms with E-state index in [0.717, 1.165) is 48.0 Å². The molecule has 10 heteroatoms. The lowest BCUT2D eigenvalue weighted by Gasteiger charge is -2.29. The number of nitrogens with one attached hydrogen (secondary N) is 1. The molecule has 0 atom stereocenters. The highest BCUT2D eigenvalue weighted by atomic mass is 35.5. The van der Waals surface area contributed by atoms with Gasteiger partial charge in [-0.15, -0.1) is 0 Å². The summed E-state index contributed by atoms with van der Waals surface area (Å²) in [6, 6.07) is 9.91. The first-order valence-corrected chi connectivity index (χ1v) is 13.2. The van der Waals surface area contributed by atoms with Gasteiger partial charge in [-0.1, -0.05) is 29.8 Å². The van der Waals surface area contributed by atoms with Gasteiger partial charge in [0.2, 0.25) is 0 Å². The maximum atomic E-state index is 13.1. The highest BCUT2D eigenvalue weighted by Gasteiger charge is 2.33. The maximum Gasteiger partial charge on any atom is 0.303 e. The summed E-state index contributed by atoms with van der Waals surface area (Å²) in [4.78, 5) is 3.44. The third kappa shape index (κ3) is 4.28. The van der Waals surface area contributed by atoms with Gasteiger partial charge in [-0.05, 0) is 50.0 Å². The lowest BCUT2D eigenvalue weighted by atomic mass is 9.84. The van der Waals surface area contributed by atoms with Gasteiger partial charge in [0.15, 0.2) is 0 Å². The average molecular weight is 502 g/mol. The number of allylic oxidation sites excluding steroid dienone is 1. The number of ether oxygens (including phenoxy) is 1. The van der Waals surface area contributed by atoms with Crippen molar-refractivity contribution in [1.29, 1.82) is 0 Å².